The molecule has 0 aliphatic carbocycles. The standard InChI is InChI=1S/C6H5.2C4H9.CH3NS2.Zn/c1-2-4-6-5-3-1;2*1-3-4-2;2-1(3)4;/h1-5H;2*1,3-4H2,2H3;(H3,2,3,4);/q3*-1;;. The fraction of sp³-hybridized carbons (Fsp3) is 0.400. The molecule has 0 atom stereocenters. The van der Waals surface area contributed by atoms with Gasteiger partial charge in [0.05, 0.1) is 0 Å². The maximum absolute atomic E-state index is 4.71. The van der Waals surface area contributed by atoms with E-state index in [0.717, 1.165) is 12.8 Å². The average molecular weight is 350 g/mol. The molecule has 0 saturated carbocycles. The zero-order valence-electron chi connectivity index (χ0n) is 12.3. The molecule has 0 bridgehead atoms. The minimum atomic E-state index is 0. The van der Waals surface area contributed by atoms with Crippen LogP contribution in [0.5, 0.6) is 0 Å². The Balaban J connectivity index is -0.0000000796. The Labute approximate surface area is 143 Å². The van der Waals surface area contributed by atoms with Crippen LogP contribution in [-0.2, 0) is 19.5 Å². The monoisotopic (exact) mass is 348 g/mol. The fourth-order valence-corrected chi connectivity index (χ4v) is 0.342. The van der Waals surface area contributed by atoms with Gasteiger partial charge in [0.1, 0.15) is 4.32 Å². The van der Waals surface area contributed by atoms with E-state index in [2.05, 4.69) is 58.6 Å². The smallest absolute Gasteiger partial charge is 0.128 e. The Morgan fingerprint density at radius 3 is 1.42 bits per heavy atom. The van der Waals surface area contributed by atoms with E-state index in [1.54, 1.807) is 0 Å². The first-order valence-corrected chi connectivity index (χ1v) is 6.90. The molecule has 0 unspecified atom stereocenters. The summed E-state index contributed by atoms with van der Waals surface area (Å²) in [5, 5.41) is 0. The van der Waals surface area contributed by atoms with Gasteiger partial charge in [0.2, 0.25) is 0 Å². The van der Waals surface area contributed by atoms with E-state index < -0.39 is 0 Å². The Morgan fingerprint density at radius 2 is 1.37 bits per heavy atom. The van der Waals surface area contributed by atoms with Crippen molar-refractivity contribution in [2.24, 2.45) is 5.73 Å². The average Bonchev–Trinajstić information content (AvgIpc) is 2.40. The molecule has 1 nitrogen and oxygen atoms in total. The first-order valence-electron chi connectivity index (χ1n) is 6.04. The van der Waals surface area contributed by atoms with Gasteiger partial charge in [-0.1, -0.05) is 38.9 Å². The third kappa shape index (κ3) is 71.6. The molecule has 0 saturated heterocycles. The van der Waals surface area contributed by atoms with Crippen LogP contribution in [-0.4, -0.2) is 4.32 Å². The van der Waals surface area contributed by atoms with Crippen molar-refractivity contribution < 1.29 is 19.5 Å². The van der Waals surface area contributed by atoms with Gasteiger partial charge in [-0.3, -0.25) is 0 Å². The Hall–Kier alpha value is 0.0834. The summed E-state index contributed by atoms with van der Waals surface area (Å²) in [5.41, 5.74) is 4.71. The molecule has 1 rings (SSSR count). The molecular formula is C15H26NS2Zn-3. The van der Waals surface area contributed by atoms with Crippen molar-refractivity contribution in [3.05, 3.63) is 50.2 Å². The van der Waals surface area contributed by atoms with Crippen molar-refractivity contribution in [2.45, 2.75) is 39.5 Å². The molecule has 0 aliphatic rings. The van der Waals surface area contributed by atoms with Crippen LogP contribution in [0.25, 0.3) is 0 Å². The summed E-state index contributed by atoms with van der Waals surface area (Å²) in [6.45, 7) is 11.4. The normalized spacial score (nSPS) is 7.00. The molecule has 4 heteroatoms. The van der Waals surface area contributed by atoms with Crippen LogP contribution in [0, 0.1) is 19.9 Å². The van der Waals surface area contributed by atoms with Crippen molar-refractivity contribution in [3.8, 4) is 0 Å². The van der Waals surface area contributed by atoms with E-state index >= 15 is 0 Å². The molecule has 108 valence electrons. The fourth-order valence-electron chi connectivity index (χ4n) is 0.342. The van der Waals surface area contributed by atoms with Crippen LogP contribution in [0.2, 0.25) is 0 Å². The van der Waals surface area contributed by atoms with Crippen molar-refractivity contribution >= 4 is 29.2 Å². The molecule has 1 aromatic rings. The Kier molecular flexibility index (Phi) is 44.5. The van der Waals surface area contributed by atoms with Gasteiger partial charge < -0.3 is 19.6 Å². The minimum absolute atomic E-state index is 0. The second-order valence-corrected chi connectivity index (χ2v) is 4.35. The molecule has 0 spiro atoms. The third-order valence-corrected chi connectivity index (χ3v) is 1.31. The second kappa shape index (κ2) is 30.8. The number of nitrogens with two attached hydrogens (primary N) is 1. The topological polar surface area (TPSA) is 26.0 Å². The summed E-state index contributed by atoms with van der Waals surface area (Å²) in [5.74, 6) is 0. The number of hydrogen-bond donors (Lipinski definition) is 2. The molecule has 19 heavy (non-hydrogen) atoms. The summed E-state index contributed by atoms with van der Waals surface area (Å²) in [6.07, 6.45) is 4.56. The first-order chi connectivity index (χ1) is 8.56. The van der Waals surface area contributed by atoms with Crippen molar-refractivity contribution in [3.63, 3.8) is 0 Å². The van der Waals surface area contributed by atoms with Crippen molar-refractivity contribution in [2.75, 3.05) is 0 Å². The molecule has 0 radical (unpaired) electrons. The van der Waals surface area contributed by atoms with E-state index in [-0.39, 0.29) is 23.8 Å². The quantitative estimate of drug-likeness (QED) is 0.344. The third-order valence-electron chi connectivity index (χ3n) is 1.31. The number of hydrogen-bond acceptors (Lipinski definition) is 1. The van der Waals surface area contributed by atoms with Crippen molar-refractivity contribution in [1.82, 2.24) is 0 Å². The zero-order chi connectivity index (χ0) is 14.6. The maximum atomic E-state index is 4.71. The zero-order valence-corrected chi connectivity index (χ0v) is 16.9. The summed E-state index contributed by atoms with van der Waals surface area (Å²) >= 11 is 7.65. The maximum Gasteiger partial charge on any atom is 0.128 e. The number of rotatable bonds is 2. The Morgan fingerprint density at radius 1 is 1.11 bits per heavy atom. The molecule has 0 fully saturated rings. The van der Waals surface area contributed by atoms with E-state index in [1.165, 1.54) is 12.8 Å². The van der Waals surface area contributed by atoms with Gasteiger partial charge in [-0.2, -0.15) is 49.2 Å². The van der Waals surface area contributed by atoms with Gasteiger partial charge in [0.15, 0.2) is 0 Å². The molecular weight excluding hydrogens is 324 g/mol. The molecule has 2 N–H and O–H groups in total. The largest absolute Gasteiger partial charge is 0.385 e. The number of benzene rings is 1. The number of thiocarbonyl (C=S) groups is 1. The van der Waals surface area contributed by atoms with Gasteiger partial charge >= 0.3 is 0 Å². The number of thiol groups is 1. The van der Waals surface area contributed by atoms with E-state index in [9.17, 15) is 0 Å². The van der Waals surface area contributed by atoms with Crippen LogP contribution in [0.3, 0.4) is 0 Å². The molecule has 0 amide bonds. The SMILES string of the molecule is NC(=S)S.[CH2-]CCC.[CH2-]CCC.[Zn].[c-]1ccccc1. The molecule has 1 aromatic carbocycles. The summed E-state index contributed by atoms with van der Waals surface area (Å²) in [7, 11) is 0. The predicted octanol–water partition coefficient (Wildman–Crippen LogP) is 4.89. The van der Waals surface area contributed by atoms with Crippen LogP contribution < -0.4 is 5.73 Å². The van der Waals surface area contributed by atoms with Gasteiger partial charge in [-0.15, -0.1) is 12.6 Å². The predicted molar refractivity (Wildman–Crippen MR) is 91.6 cm³/mol. The summed E-state index contributed by atoms with van der Waals surface area (Å²) < 4.78 is 0.194. The van der Waals surface area contributed by atoms with E-state index in [4.69, 9.17) is 5.73 Å². The second-order valence-electron chi connectivity index (χ2n) is 3.12. The molecule has 0 heterocycles. The molecule has 0 aromatic heterocycles. The van der Waals surface area contributed by atoms with E-state index in [1.807, 2.05) is 30.3 Å². The van der Waals surface area contributed by atoms with Crippen molar-refractivity contribution in [1.29, 1.82) is 0 Å². The van der Waals surface area contributed by atoms with Crippen LogP contribution in [0.4, 0.5) is 0 Å². The summed E-state index contributed by atoms with van der Waals surface area (Å²) in [6, 6.07) is 12.5. The molecule has 0 aliphatic heterocycles. The number of unbranched alkanes of at least 4 members (excludes halogenated alkanes) is 2. The van der Waals surface area contributed by atoms with Gasteiger partial charge in [-0.05, 0) is 0 Å². The van der Waals surface area contributed by atoms with Crippen LogP contribution in [0.1, 0.15) is 39.5 Å². The first kappa shape index (κ1) is 27.4. The Bertz CT molecular complexity index is 192. The summed E-state index contributed by atoms with van der Waals surface area (Å²) in [4.78, 5) is 0. The van der Waals surface area contributed by atoms with Crippen LogP contribution in [0.15, 0.2) is 30.3 Å². The minimum Gasteiger partial charge on any atom is -0.385 e. The van der Waals surface area contributed by atoms with Crippen LogP contribution >= 0.6 is 24.8 Å². The van der Waals surface area contributed by atoms with Gasteiger partial charge in [-0.25, -0.2) is 0 Å². The van der Waals surface area contributed by atoms with Gasteiger partial charge in [0, 0.05) is 19.5 Å². The van der Waals surface area contributed by atoms with Gasteiger partial charge in [0.25, 0.3) is 0 Å². The van der Waals surface area contributed by atoms with E-state index in [0.29, 0.717) is 0 Å².